The Kier molecular flexibility index (Phi) is 14.1. The van der Waals surface area contributed by atoms with Crippen molar-refractivity contribution in [2.45, 2.75) is 19.4 Å². The molecule has 2 N–H and O–H groups in total. The van der Waals surface area contributed by atoms with Gasteiger partial charge in [-0.2, -0.15) is 0 Å². The van der Waals surface area contributed by atoms with E-state index >= 15 is 0 Å². The van der Waals surface area contributed by atoms with Crippen LogP contribution in [0, 0.1) is 5.82 Å². The molecule has 1 rings (SSSR count). The second-order valence-corrected chi connectivity index (χ2v) is 4.79. The van der Waals surface area contributed by atoms with Gasteiger partial charge in [-0.1, -0.05) is 12.1 Å². The average Bonchev–Trinajstić information content (AvgIpc) is 2.53. The first kappa shape index (κ1) is 22.1. The van der Waals surface area contributed by atoms with E-state index in [1.165, 1.54) is 12.1 Å². The highest BCUT2D eigenvalue weighted by Gasteiger charge is 1.99. The number of aliphatic imine (C=N–C) groups is 1. The fourth-order valence-corrected chi connectivity index (χ4v) is 1.83. The van der Waals surface area contributed by atoms with Gasteiger partial charge in [-0.25, -0.2) is 4.39 Å². The third-order valence-electron chi connectivity index (χ3n) is 3.01. The zero-order chi connectivity index (χ0) is 16.0. The van der Waals surface area contributed by atoms with Crippen molar-refractivity contribution < 1.29 is 13.9 Å². The van der Waals surface area contributed by atoms with Gasteiger partial charge < -0.3 is 20.1 Å². The smallest absolute Gasteiger partial charge is 0.191 e. The van der Waals surface area contributed by atoms with Gasteiger partial charge in [0.25, 0.3) is 0 Å². The molecule has 7 heteroatoms. The van der Waals surface area contributed by atoms with Crippen LogP contribution in [0.25, 0.3) is 0 Å². The van der Waals surface area contributed by atoms with E-state index in [1.54, 1.807) is 20.2 Å². The predicted molar refractivity (Wildman–Crippen MR) is 102 cm³/mol. The third kappa shape index (κ3) is 11.3. The van der Waals surface area contributed by atoms with E-state index in [9.17, 15) is 4.39 Å². The Labute approximate surface area is 155 Å². The van der Waals surface area contributed by atoms with E-state index in [0.29, 0.717) is 25.7 Å². The molecule has 0 amide bonds. The maximum atomic E-state index is 13.1. The number of unbranched alkanes of at least 4 members (excludes halogenated alkanes) is 1. The second-order valence-electron chi connectivity index (χ2n) is 4.79. The Morgan fingerprint density at radius 3 is 2.70 bits per heavy atom. The molecule has 0 fully saturated rings. The van der Waals surface area contributed by atoms with E-state index in [0.717, 1.165) is 31.6 Å². The van der Waals surface area contributed by atoms with E-state index in [-0.39, 0.29) is 29.8 Å². The van der Waals surface area contributed by atoms with E-state index < -0.39 is 0 Å². The fraction of sp³-hybridized carbons (Fsp3) is 0.562. The van der Waals surface area contributed by atoms with Gasteiger partial charge in [0.1, 0.15) is 5.82 Å². The summed E-state index contributed by atoms with van der Waals surface area (Å²) in [5, 5.41) is 6.38. The number of hydrogen-bond donors (Lipinski definition) is 2. The van der Waals surface area contributed by atoms with Gasteiger partial charge in [0.05, 0.1) is 13.2 Å². The highest BCUT2D eigenvalue weighted by molar-refractivity contribution is 14.0. The lowest BCUT2D eigenvalue weighted by atomic mass is 10.2. The Morgan fingerprint density at radius 1 is 1.17 bits per heavy atom. The number of halogens is 2. The number of methoxy groups -OCH3 is 1. The minimum absolute atomic E-state index is 0. The number of nitrogens with one attached hydrogen (secondary N) is 2. The van der Waals surface area contributed by atoms with Crippen molar-refractivity contribution >= 4 is 29.9 Å². The summed E-state index contributed by atoms with van der Waals surface area (Å²) in [6.07, 6.45) is 1.98. The Hall–Kier alpha value is -0.930. The van der Waals surface area contributed by atoms with E-state index in [2.05, 4.69) is 15.6 Å². The van der Waals surface area contributed by atoms with Crippen LogP contribution in [0.5, 0.6) is 0 Å². The molecule has 1 aromatic carbocycles. The van der Waals surface area contributed by atoms with Gasteiger partial charge in [0, 0.05) is 33.9 Å². The second kappa shape index (κ2) is 14.6. The molecule has 0 aliphatic rings. The molecule has 23 heavy (non-hydrogen) atoms. The first-order chi connectivity index (χ1) is 10.8. The number of hydrogen-bond acceptors (Lipinski definition) is 3. The Bertz CT molecular complexity index is 447. The van der Waals surface area contributed by atoms with Crippen LogP contribution >= 0.6 is 24.0 Å². The molecular weight excluding hydrogens is 412 g/mol. The summed E-state index contributed by atoms with van der Waals surface area (Å²) in [4.78, 5) is 4.14. The molecule has 0 radical (unpaired) electrons. The SMILES string of the molecule is CN=C(NCCCCOCCOC)NCc1cccc(F)c1.I. The summed E-state index contributed by atoms with van der Waals surface area (Å²) in [7, 11) is 3.38. The Balaban J connectivity index is 0.00000484. The van der Waals surface area contributed by atoms with Crippen molar-refractivity contribution in [3.8, 4) is 0 Å². The lowest BCUT2D eigenvalue weighted by Crippen LogP contribution is -2.37. The molecular formula is C16H27FIN3O2. The van der Waals surface area contributed by atoms with Crippen molar-refractivity contribution in [2.24, 2.45) is 4.99 Å². The number of nitrogens with zero attached hydrogens (tertiary/aromatic N) is 1. The normalized spacial score (nSPS) is 11.0. The monoisotopic (exact) mass is 439 g/mol. The van der Waals surface area contributed by atoms with Gasteiger partial charge in [-0.3, -0.25) is 4.99 Å². The lowest BCUT2D eigenvalue weighted by Gasteiger charge is -2.12. The van der Waals surface area contributed by atoms with Gasteiger partial charge in [0.2, 0.25) is 0 Å². The van der Waals surface area contributed by atoms with Gasteiger partial charge >= 0.3 is 0 Å². The summed E-state index contributed by atoms with van der Waals surface area (Å²) < 4.78 is 23.4. The molecule has 5 nitrogen and oxygen atoms in total. The number of rotatable bonds is 10. The summed E-state index contributed by atoms with van der Waals surface area (Å²) in [6, 6.07) is 6.52. The summed E-state index contributed by atoms with van der Waals surface area (Å²) >= 11 is 0. The molecule has 0 unspecified atom stereocenters. The molecule has 0 saturated carbocycles. The van der Waals surface area contributed by atoms with Gasteiger partial charge in [-0.15, -0.1) is 24.0 Å². The zero-order valence-electron chi connectivity index (χ0n) is 13.8. The number of benzene rings is 1. The van der Waals surface area contributed by atoms with Crippen molar-refractivity contribution in [1.82, 2.24) is 10.6 Å². The average molecular weight is 439 g/mol. The van der Waals surface area contributed by atoms with Crippen LogP contribution in [-0.4, -0.2) is 46.5 Å². The van der Waals surface area contributed by atoms with Crippen molar-refractivity contribution in [3.63, 3.8) is 0 Å². The summed E-state index contributed by atoms with van der Waals surface area (Å²) in [5.74, 6) is 0.486. The van der Waals surface area contributed by atoms with Crippen molar-refractivity contribution in [2.75, 3.05) is 40.5 Å². The molecule has 1 aromatic rings. The molecule has 0 aliphatic heterocycles. The first-order valence-electron chi connectivity index (χ1n) is 7.52. The van der Waals surface area contributed by atoms with Crippen molar-refractivity contribution in [3.05, 3.63) is 35.6 Å². The highest BCUT2D eigenvalue weighted by atomic mass is 127. The van der Waals surface area contributed by atoms with Crippen LogP contribution < -0.4 is 10.6 Å². The predicted octanol–water partition coefficient (Wildman–Crippen LogP) is 2.55. The van der Waals surface area contributed by atoms with Crippen molar-refractivity contribution in [1.29, 1.82) is 0 Å². The van der Waals surface area contributed by atoms with Gasteiger partial charge in [-0.05, 0) is 30.5 Å². The van der Waals surface area contributed by atoms with Crippen LogP contribution in [0.4, 0.5) is 4.39 Å². The minimum Gasteiger partial charge on any atom is -0.382 e. The Morgan fingerprint density at radius 2 is 2.00 bits per heavy atom. The highest BCUT2D eigenvalue weighted by Crippen LogP contribution is 2.02. The van der Waals surface area contributed by atoms with Crippen LogP contribution in [0.3, 0.4) is 0 Å². The molecule has 132 valence electrons. The first-order valence-corrected chi connectivity index (χ1v) is 7.52. The summed E-state index contributed by atoms with van der Waals surface area (Å²) in [5.41, 5.74) is 0.884. The van der Waals surface area contributed by atoms with E-state index in [1.807, 2.05) is 6.07 Å². The lowest BCUT2D eigenvalue weighted by molar-refractivity contribution is 0.0689. The zero-order valence-corrected chi connectivity index (χ0v) is 16.1. The molecule has 0 heterocycles. The molecule has 0 atom stereocenters. The molecule has 0 aliphatic carbocycles. The van der Waals surface area contributed by atoms with Crippen LogP contribution in [-0.2, 0) is 16.0 Å². The topological polar surface area (TPSA) is 54.9 Å². The van der Waals surface area contributed by atoms with E-state index in [4.69, 9.17) is 9.47 Å². The minimum atomic E-state index is -0.226. The number of ether oxygens (including phenoxy) is 2. The van der Waals surface area contributed by atoms with Crippen LogP contribution in [0.15, 0.2) is 29.3 Å². The maximum absolute atomic E-state index is 13.1. The fourth-order valence-electron chi connectivity index (χ4n) is 1.83. The largest absolute Gasteiger partial charge is 0.382 e. The maximum Gasteiger partial charge on any atom is 0.191 e. The quantitative estimate of drug-likeness (QED) is 0.255. The van der Waals surface area contributed by atoms with Gasteiger partial charge in [0.15, 0.2) is 5.96 Å². The summed E-state index contributed by atoms with van der Waals surface area (Å²) in [6.45, 7) is 3.37. The third-order valence-corrected chi connectivity index (χ3v) is 3.01. The molecule has 0 bridgehead atoms. The van der Waals surface area contributed by atoms with Crippen LogP contribution in [0.2, 0.25) is 0 Å². The molecule has 0 spiro atoms. The number of guanidine groups is 1. The molecule has 0 saturated heterocycles. The standard InChI is InChI=1S/C16H26FN3O2.HI/c1-18-16(19-8-3-4-9-22-11-10-21-2)20-13-14-6-5-7-15(17)12-14;/h5-7,12H,3-4,8-11,13H2,1-2H3,(H2,18,19,20);1H. The van der Waals surface area contributed by atoms with Crippen LogP contribution in [0.1, 0.15) is 18.4 Å². The molecule has 0 aromatic heterocycles.